The molecule has 0 bridgehead atoms. The standard InChI is InChI=1S/C17H19BrClN/c1-11-5-4-6-12(2)14(11)10-17(20-3)13-7-8-15(18)16(19)9-13/h4-9,17,20H,10H2,1-3H3. The first-order chi connectivity index (χ1) is 9.52. The third kappa shape index (κ3) is 3.43. The summed E-state index contributed by atoms with van der Waals surface area (Å²) in [6.45, 7) is 4.34. The van der Waals surface area contributed by atoms with Crippen molar-refractivity contribution in [2.24, 2.45) is 0 Å². The quantitative estimate of drug-likeness (QED) is 0.795. The van der Waals surface area contributed by atoms with E-state index >= 15 is 0 Å². The Kier molecular flexibility index (Phi) is 5.25. The van der Waals surface area contributed by atoms with Gasteiger partial charge in [-0.3, -0.25) is 0 Å². The highest BCUT2D eigenvalue weighted by molar-refractivity contribution is 9.10. The molecule has 20 heavy (non-hydrogen) atoms. The molecule has 1 nitrogen and oxygen atoms in total. The van der Waals surface area contributed by atoms with Crippen LogP contribution in [0.5, 0.6) is 0 Å². The van der Waals surface area contributed by atoms with Gasteiger partial charge in [-0.1, -0.05) is 35.9 Å². The highest BCUT2D eigenvalue weighted by atomic mass is 79.9. The number of aryl methyl sites for hydroxylation is 2. The normalized spacial score (nSPS) is 12.4. The summed E-state index contributed by atoms with van der Waals surface area (Å²) in [4.78, 5) is 0. The molecule has 0 saturated heterocycles. The Balaban J connectivity index is 2.31. The molecule has 0 heterocycles. The lowest BCUT2D eigenvalue weighted by molar-refractivity contribution is 0.589. The third-order valence-electron chi connectivity index (χ3n) is 3.75. The highest BCUT2D eigenvalue weighted by Crippen LogP contribution is 2.28. The van der Waals surface area contributed by atoms with Gasteiger partial charge < -0.3 is 5.32 Å². The van der Waals surface area contributed by atoms with Crippen LogP contribution >= 0.6 is 27.5 Å². The molecule has 0 aliphatic carbocycles. The molecule has 0 aliphatic heterocycles. The number of halogens is 2. The van der Waals surface area contributed by atoms with Gasteiger partial charge in [-0.25, -0.2) is 0 Å². The molecule has 0 radical (unpaired) electrons. The lowest BCUT2D eigenvalue weighted by atomic mass is 9.93. The van der Waals surface area contributed by atoms with Gasteiger partial charge in [0, 0.05) is 10.5 Å². The fraction of sp³-hybridized carbons (Fsp3) is 0.294. The molecule has 2 aromatic rings. The first-order valence-corrected chi connectivity index (χ1v) is 7.87. The van der Waals surface area contributed by atoms with Gasteiger partial charge in [0.25, 0.3) is 0 Å². The second-order valence-corrected chi connectivity index (χ2v) is 6.35. The van der Waals surface area contributed by atoms with E-state index in [4.69, 9.17) is 11.6 Å². The number of hydrogen-bond donors (Lipinski definition) is 1. The summed E-state index contributed by atoms with van der Waals surface area (Å²) in [5.74, 6) is 0. The monoisotopic (exact) mass is 351 g/mol. The average Bonchev–Trinajstić information content (AvgIpc) is 2.42. The van der Waals surface area contributed by atoms with Gasteiger partial charge in [-0.15, -0.1) is 0 Å². The first kappa shape index (κ1) is 15.6. The topological polar surface area (TPSA) is 12.0 Å². The van der Waals surface area contributed by atoms with Crippen molar-refractivity contribution in [3.05, 3.63) is 68.1 Å². The fourth-order valence-electron chi connectivity index (χ4n) is 2.49. The molecule has 106 valence electrons. The van der Waals surface area contributed by atoms with E-state index in [1.807, 2.05) is 19.2 Å². The zero-order chi connectivity index (χ0) is 14.7. The lowest BCUT2D eigenvalue weighted by Crippen LogP contribution is -2.19. The number of nitrogens with one attached hydrogen (secondary N) is 1. The van der Waals surface area contributed by atoms with E-state index in [1.165, 1.54) is 22.3 Å². The second kappa shape index (κ2) is 6.75. The van der Waals surface area contributed by atoms with Crippen LogP contribution in [0.3, 0.4) is 0 Å². The summed E-state index contributed by atoms with van der Waals surface area (Å²) in [7, 11) is 1.99. The summed E-state index contributed by atoms with van der Waals surface area (Å²) in [5, 5.41) is 4.15. The summed E-state index contributed by atoms with van der Waals surface area (Å²) < 4.78 is 0.935. The van der Waals surface area contributed by atoms with Crippen LogP contribution in [0.15, 0.2) is 40.9 Å². The van der Waals surface area contributed by atoms with Crippen LogP contribution in [0.4, 0.5) is 0 Å². The lowest BCUT2D eigenvalue weighted by Gasteiger charge is -2.20. The number of rotatable bonds is 4. The fourth-order valence-corrected chi connectivity index (χ4v) is 2.93. The molecule has 2 aromatic carbocycles. The molecule has 0 fully saturated rings. The van der Waals surface area contributed by atoms with Crippen LogP contribution in [0.1, 0.15) is 28.3 Å². The van der Waals surface area contributed by atoms with Crippen molar-refractivity contribution in [2.75, 3.05) is 7.05 Å². The molecule has 0 aromatic heterocycles. The van der Waals surface area contributed by atoms with Gasteiger partial charge in [-0.05, 0) is 77.6 Å². The van der Waals surface area contributed by atoms with Crippen LogP contribution in [0.25, 0.3) is 0 Å². The molecule has 1 unspecified atom stereocenters. The minimum absolute atomic E-state index is 0.264. The van der Waals surface area contributed by atoms with Crippen LogP contribution < -0.4 is 5.32 Å². The van der Waals surface area contributed by atoms with E-state index < -0.39 is 0 Å². The minimum Gasteiger partial charge on any atom is -0.313 e. The summed E-state index contributed by atoms with van der Waals surface area (Å²) in [6.07, 6.45) is 0.965. The van der Waals surface area contributed by atoms with Crippen LogP contribution in [-0.2, 0) is 6.42 Å². The SMILES string of the molecule is CNC(Cc1c(C)cccc1C)c1ccc(Br)c(Cl)c1. The molecule has 1 atom stereocenters. The molecule has 0 spiro atoms. The first-order valence-electron chi connectivity index (χ1n) is 6.70. The van der Waals surface area contributed by atoms with Crippen molar-refractivity contribution in [3.8, 4) is 0 Å². The van der Waals surface area contributed by atoms with E-state index in [-0.39, 0.29) is 6.04 Å². The Bertz CT molecular complexity index is 590. The van der Waals surface area contributed by atoms with E-state index in [0.29, 0.717) is 0 Å². The van der Waals surface area contributed by atoms with Gasteiger partial charge >= 0.3 is 0 Å². The van der Waals surface area contributed by atoms with Crippen LogP contribution in [0, 0.1) is 13.8 Å². The third-order valence-corrected chi connectivity index (χ3v) is 4.98. The predicted octanol–water partition coefficient (Wildman–Crippen LogP) is 5.22. The number of hydrogen-bond acceptors (Lipinski definition) is 1. The Morgan fingerprint density at radius 1 is 1.15 bits per heavy atom. The Labute approximate surface area is 134 Å². The van der Waals surface area contributed by atoms with Gasteiger partial charge in [0.15, 0.2) is 0 Å². The average molecular weight is 353 g/mol. The van der Waals surface area contributed by atoms with Crippen molar-refractivity contribution >= 4 is 27.5 Å². The predicted molar refractivity (Wildman–Crippen MR) is 90.6 cm³/mol. The molecule has 0 saturated carbocycles. The van der Waals surface area contributed by atoms with Crippen molar-refractivity contribution in [3.63, 3.8) is 0 Å². The Morgan fingerprint density at radius 2 is 1.80 bits per heavy atom. The maximum atomic E-state index is 6.21. The number of likely N-dealkylation sites (N-methyl/N-ethyl adjacent to an activating group) is 1. The van der Waals surface area contributed by atoms with Gasteiger partial charge in [0.2, 0.25) is 0 Å². The van der Waals surface area contributed by atoms with E-state index in [0.717, 1.165) is 15.9 Å². The minimum atomic E-state index is 0.264. The molecular weight excluding hydrogens is 334 g/mol. The van der Waals surface area contributed by atoms with Crippen molar-refractivity contribution in [1.82, 2.24) is 5.32 Å². The van der Waals surface area contributed by atoms with Crippen LogP contribution in [-0.4, -0.2) is 7.05 Å². The molecular formula is C17H19BrClN. The molecule has 3 heteroatoms. The van der Waals surface area contributed by atoms with Crippen molar-refractivity contribution in [1.29, 1.82) is 0 Å². The Morgan fingerprint density at radius 3 is 2.35 bits per heavy atom. The smallest absolute Gasteiger partial charge is 0.0551 e. The zero-order valence-corrected chi connectivity index (χ0v) is 14.3. The van der Waals surface area contributed by atoms with Crippen molar-refractivity contribution in [2.45, 2.75) is 26.3 Å². The van der Waals surface area contributed by atoms with Gasteiger partial charge in [-0.2, -0.15) is 0 Å². The van der Waals surface area contributed by atoms with Gasteiger partial charge in [0.1, 0.15) is 0 Å². The van der Waals surface area contributed by atoms with E-state index in [9.17, 15) is 0 Å². The molecule has 0 amide bonds. The van der Waals surface area contributed by atoms with E-state index in [1.54, 1.807) is 0 Å². The van der Waals surface area contributed by atoms with E-state index in [2.05, 4.69) is 59.4 Å². The number of benzene rings is 2. The maximum Gasteiger partial charge on any atom is 0.0551 e. The Hall–Kier alpha value is -0.830. The molecule has 1 N–H and O–H groups in total. The largest absolute Gasteiger partial charge is 0.313 e. The summed E-state index contributed by atoms with van der Waals surface area (Å²) >= 11 is 9.64. The highest BCUT2D eigenvalue weighted by Gasteiger charge is 2.14. The van der Waals surface area contributed by atoms with Gasteiger partial charge in [0.05, 0.1) is 5.02 Å². The summed E-state index contributed by atoms with van der Waals surface area (Å²) in [5.41, 5.74) is 5.30. The zero-order valence-electron chi connectivity index (χ0n) is 12.0. The molecule has 0 aliphatic rings. The second-order valence-electron chi connectivity index (χ2n) is 5.09. The van der Waals surface area contributed by atoms with Crippen molar-refractivity contribution < 1.29 is 0 Å². The maximum absolute atomic E-state index is 6.21. The van der Waals surface area contributed by atoms with Crippen LogP contribution in [0.2, 0.25) is 5.02 Å². The molecule has 2 rings (SSSR count). The summed E-state index contributed by atoms with van der Waals surface area (Å²) in [6, 6.07) is 12.9.